The lowest BCUT2D eigenvalue weighted by Crippen LogP contribution is -2.47. The molecule has 0 saturated carbocycles. The Morgan fingerprint density at radius 2 is 2.03 bits per heavy atom. The summed E-state index contributed by atoms with van der Waals surface area (Å²) in [6.07, 6.45) is 7.03. The summed E-state index contributed by atoms with van der Waals surface area (Å²) in [5, 5.41) is 10.2. The number of benzene rings is 1. The number of anilines is 1. The number of aromatic nitrogens is 3. The van der Waals surface area contributed by atoms with Crippen LogP contribution in [0, 0.1) is 17.9 Å². The number of nitriles is 1. The Hall–Kier alpha value is -3.42. The maximum Gasteiger partial charge on any atom is 0.226 e. The predicted octanol–water partition coefficient (Wildman–Crippen LogP) is 3.53. The normalized spacial score (nSPS) is 14.6. The topological polar surface area (TPSA) is 76.2 Å². The van der Waals surface area contributed by atoms with Gasteiger partial charge in [-0.25, -0.2) is 14.8 Å². The zero-order valence-electron chi connectivity index (χ0n) is 16.3. The third-order valence-electron chi connectivity index (χ3n) is 5.46. The SMILES string of the molecule is [C-]#[N+]c1ccc2[nH]cc(CCCCN3CCN(c4nccc(C#N)n4)CC3)c2c1. The number of aryl methyl sites for hydroxylation is 1. The first kappa shape index (κ1) is 18.9. The van der Waals surface area contributed by atoms with E-state index in [4.69, 9.17) is 11.8 Å². The summed E-state index contributed by atoms with van der Waals surface area (Å²) in [5.41, 5.74) is 3.51. The number of hydrogen-bond acceptors (Lipinski definition) is 5. The molecule has 4 rings (SSSR count). The van der Waals surface area contributed by atoms with Gasteiger partial charge in [0, 0.05) is 44.1 Å². The van der Waals surface area contributed by atoms with E-state index >= 15 is 0 Å². The molecule has 1 N–H and O–H groups in total. The number of piperazine rings is 1. The number of nitrogens with one attached hydrogen (secondary N) is 1. The highest BCUT2D eigenvalue weighted by atomic mass is 15.3. The minimum atomic E-state index is 0.415. The number of rotatable bonds is 6. The first-order valence-electron chi connectivity index (χ1n) is 9.95. The van der Waals surface area contributed by atoms with Gasteiger partial charge >= 0.3 is 0 Å². The minimum Gasteiger partial charge on any atom is -0.361 e. The van der Waals surface area contributed by atoms with Crippen molar-refractivity contribution in [2.45, 2.75) is 19.3 Å². The van der Waals surface area contributed by atoms with Gasteiger partial charge in [0.1, 0.15) is 11.8 Å². The molecule has 7 heteroatoms. The number of aromatic amines is 1. The highest BCUT2D eigenvalue weighted by Gasteiger charge is 2.18. The number of nitrogens with zero attached hydrogens (tertiary/aromatic N) is 6. The molecule has 0 aliphatic carbocycles. The molecule has 1 aliphatic rings. The van der Waals surface area contributed by atoms with E-state index in [1.807, 2.05) is 18.2 Å². The molecule has 1 fully saturated rings. The zero-order chi connectivity index (χ0) is 20.1. The zero-order valence-corrected chi connectivity index (χ0v) is 16.3. The van der Waals surface area contributed by atoms with Crippen LogP contribution in [0.4, 0.5) is 11.6 Å². The van der Waals surface area contributed by atoms with Crippen LogP contribution in [0.1, 0.15) is 24.1 Å². The van der Waals surface area contributed by atoms with Crippen LogP contribution in [0.15, 0.2) is 36.7 Å². The lowest BCUT2D eigenvalue weighted by Gasteiger charge is -2.34. The molecule has 1 saturated heterocycles. The molecule has 0 spiro atoms. The number of unbranched alkanes of at least 4 members (excludes halogenated alkanes) is 1. The number of H-pyrrole nitrogens is 1. The summed E-state index contributed by atoms with van der Waals surface area (Å²) in [5.74, 6) is 0.654. The molecule has 7 nitrogen and oxygen atoms in total. The van der Waals surface area contributed by atoms with Gasteiger partial charge in [-0.1, -0.05) is 6.07 Å². The number of fused-ring (bicyclic) bond motifs is 1. The molecule has 0 amide bonds. The highest BCUT2D eigenvalue weighted by molar-refractivity contribution is 5.86. The van der Waals surface area contributed by atoms with Gasteiger partial charge in [0.05, 0.1) is 6.57 Å². The van der Waals surface area contributed by atoms with E-state index in [0.29, 0.717) is 17.3 Å². The van der Waals surface area contributed by atoms with Crippen molar-refractivity contribution < 1.29 is 0 Å². The largest absolute Gasteiger partial charge is 0.361 e. The van der Waals surface area contributed by atoms with Gasteiger partial charge < -0.3 is 9.88 Å². The van der Waals surface area contributed by atoms with E-state index in [2.05, 4.69) is 41.9 Å². The van der Waals surface area contributed by atoms with E-state index < -0.39 is 0 Å². The monoisotopic (exact) mass is 385 g/mol. The molecule has 1 aliphatic heterocycles. The maximum absolute atomic E-state index is 8.99. The van der Waals surface area contributed by atoms with Gasteiger partial charge in [-0.3, -0.25) is 4.90 Å². The highest BCUT2D eigenvalue weighted by Crippen LogP contribution is 2.25. The summed E-state index contributed by atoms with van der Waals surface area (Å²) in [4.78, 5) is 20.1. The van der Waals surface area contributed by atoms with Gasteiger partial charge in [-0.15, -0.1) is 0 Å². The van der Waals surface area contributed by atoms with E-state index in [9.17, 15) is 0 Å². The Bertz CT molecular complexity index is 1060. The van der Waals surface area contributed by atoms with Gasteiger partial charge in [0.15, 0.2) is 5.69 Å². The first-order valence-corrected chi connectivity index (χ1v) is 9.95. The van der Waals surface area contributed by atoms with Crippen LogP contribution < -0.4 is 4.90 Å². The Labute approximate surface area is 170 Å². The molecule has 2 aromatic heterocycles. The fourth-order valence-electron chi connectivity index (χ4n) is 3.83. The lowest BCUT2D eigenvalue weighted by atomic mass is 10.1. The molecule has 1 aromatic carbocycles. The molecular weight excluding hydrogens is 362 g/mol. The molecule has 0 atom stereocenters. The fourth-order valence-corrected chi connectivity index (χ4v) is 3.83. The smallest absolute Gasteiger partial charge is 0.226 e. The van der Waals surface area contributed by atoms with Crippen LogP contribution in [-0.4, -0.2) is 52.6 Å². The van der Waals surface area contributed by atoms with Crippen molar-refractivity contribution in [1.29, 1.82) is 5.26 Å². The molecule has 0 unspecified atom stereocenters. The Kier molecular flexibility index (Phi) is 5.69. The maximum atomic E-state index is 8.99. The molecule has 29 heavy (non-hydrogen) atoms. The van der Waals surface area contributed by atoms with Crippen LogP contribution in [0.2, 0.25) is 0 Å². The van der Waals surface area contributed by atoms with E-state index in [1.54, 1.807) is 12.3 Å². The second kappa shape index (κ2) is 8.72. The van der Waals surface area contributed by atoms with Crippen LogP contribution >= 0.6 is 0 Å². The van der Waals surface area contributed by atoms with Crippen LogP contribution in [0.5, 0.6) is 0 Å². The minimum absolute atomic E-state index is 0.415. The lowest BCUT2D eigenvalue weighted by molar-refractivity contribution is 0.252. The second-order valence-electron chi connectivity index (χ2n) is 7.30. The van der Waals surface area contributed by atoms with E-state index in [-0.39, 0.29) is 0 Å². The third-order valence-corrected chi connectivity index (χ3v) is 5.46. The summed E-state index contributed by atoms with van der Waals surface area (Å²) in [6.45, 7) is 12.0. The predicted molar refractivity (Wildman–Crippen MR) is 113 cm³/mol. The molecule has 146 valence electrons. The Morgan fingerprint density at radius 1 is 1.17 bits per heavy atom. The van der Waals surface area contributed by atoms with Crippen LogP contribution in [0.25, 0.3) is 15.7 Å². The molecule has 3 heterocycles. The van der Waals surface area contributed by atoms with Gasteiger partial charge in [-0.2, -0.15) is 5.26 Å². The average Bonchev–Trinajstić information content (AvgIpc) is 3.19. The summed E-state index contributed by atoms with van der Waals surface area (Å²) >= 11 is 0. The van der Waals surface area contributed by atoms with Crippen molar-refractivity contribution in [2.24, 2.45) is 0 Å². The van der Waals surface area contributed by atoms with Crippen molar-refractivity contribution in [2.75, 3.05) is 37.6 Å². The van der Waals surface area contributed by atoms with Crippen molar-refractivity contribution in [1.82, 2.24) is 19.9 Å². The summed E-state index contributed by atoms with van der Waals surface area (Å²) < 4.78 is 0. The average molecular weight is 385 g/mol. The molecule has 0 radical (unpaired) electrons. The second-order valence-corrected chi connectivity index (χ2v) is 7.30. The standard InChI is InChI=1S/C22H23N7/c1-24-18-5-6-21-20(14-18)17(16-26-21)4-2-3-9-28-10-12-29(13-11-28)22-25-8-7-19(15-23)27-22/h5-8,14,16,26H,2-4,9-13H2. The number of hydrogen-bond donors (Lipinski definition) is 1. The Morgan fingerprint density at radius 3 is 2.83 bits per heavy atom. The Balaban J connectivity index is 1.23. The summed E-state index contributed by atoms with van der Waals surface area (Å²) in [7, 11) is 0. The first-order chi connectivity index (χ1) is 14.3. The third kappa shape index (κ3) is 4.37. The van der Waals surface area contributed by atoms with Crippen molar-refractivity contribution in [3.05, 3.63) is 59.3 Å². The van der Waals surface area contributed by atoms with Gasteiger partial charge in [0.2, 0.25) is 5.95 Å². The van der Waals surface area contributed by atoms with Crippen molar-refractivity contribution in [3.63, 3.8) is 0 Å². The molecule has 0 bridgehead atoms. The van der Waals surface area contributed by atoms with Crippen LogP contribution in [0.3, 0.4) is 0 Å². The van der Waals surface area contributed by atoms with Crippen molar-refractivity contribution in [3.8, 4) is 6.07 Å². The van der Waals surface area contributed by atoms with Crippen molar-refractivity contribution >= 4 is 22.5 Å². The summed E-state index contributed by atoms with van der Waals surface area (Å²) in [6, 6.07) is 9.54. The fraction of sp³-hybridized carbons (Fsp3) is 0.364. The van der Waals surface area contributed by atoms with E-state index in [1.165, 1.54) is 10.9 Å². The quantitative estimate of drug-likeness (QED) is 0.519. The van der Waals surface area contributed by atoms with Crippen LogP contribution in [-0.2, 0) is 6.42 Å². The van der Waals surface area contributed by atoms with Gasteiger partial charge in [0.25, 0.3) is 0 Å². The molecule has 3 aromatic rings. The van der Waals surface area contributed by atoms with E-state index in [0.717, 1.165) is 57.5 Å². The molecular formula is C22H23N7. The van der Waals surface area contributed by atoms with Gasteiger partial charge in [-0.05, 0) is 55.0 Å².